The van der Waals surface area contributed by atoms with Gasteiger partial charge in [0.15, 0.2) is 5.69 Å². The fraction of sp³-hybridized carbons (Fsp3) is 0.654. The van der Waals surface area contributed by atoms with Gasteiger partial charge in [0.1, 0.15) is 15.7 Å². The van der Waals surface area contributed by atoms with Crippen LogP contribution in [-0.4, -0.2) is 69.6 Å². The highest BCUT2D eigenvalue weighted by molar-refractivity contribution is 7.91. The minimum Gasteiger partial charge on any atom is -0.388 e. The van der Waals surface area contributed by atoms with Crippen molar-refractivity contribution in [3.05, 3.63) is 28.5 Å². The lowest BCUT2D eigenvalue weighted by molar-refractivity contribution is -0.142. The standard InChI is InChI=1S/C26H37ClF3N5O4S/c1-6-16-12-19(33-24(3,4)14-26(28,29)30)31-13-18(16)22-20(27)21(34-35(22)7-2)23(36)32-15-25(37)10-8-17(9-11-25)40(5,38)39/h12-13,17,37H,6-11,14-15H2,1-5H3,(H,31,33)(H,32,36). The maximum Gasteiger partial charge on any atom is 0.391 e. The van der Waals surface area contributed by atoms with Gasteiger partial charge in [-0.2, -0.15) is 18.3 Å². The summed E-state index contributed by atoms with van der Waals surface area (Å²) >= 11 is 6.67. The third-order valence-electron chi connectivity index (χ3n) is 7.19. The van der Waals surface area contributed by atoms with Gasteiger partial charge in [-0.25, -0.2) is 13.4 Å². The number of hydrogen-bond donors (Lipinski definition) is 3. The molecule has 224 valence electrons. The molecule has 2 aromatic heterocycles. The lowest BCUT2D eigenvalue weighted by atomic mass is 9.84. The van der Waals surface area contributed by atoms with Crippen molar-refractivity contribution in [2.24, 2.45) is 0 Å². The van der Waals surface area contributed by atoms with Crippen LogP contribution in [0.25, 0.3) is 11.3 Å². The molecule has 0 aromatic carbocycles. The number of nitrogens with zero attached hydrogens (tertiary/aromatic N) is 3. The first-order chi connectivity index (χ1) is 18.4. The monoisotopic (exact) mass is 607 g/mol. The lowest BCUT2D eigenvalue weighted by Gasteiger charge is -2.35. The van der Waals surface area contributed by atoms with E-state index in [1.165, 1.54) is 26.3 Å². The van der Waals surface area contributed by atoms with Crippen LogP contribution in [0.2, 0.25) is 5.02 Å². The molecule has 0 spiro atoms. The molecule has 2 aromatic rings. The molecule has 40 heavy (non-hydrogen) atoms. The number of carbonyl (C=O) groups is 1. The normalized spacial score (nSPS) is 20.4. The highest BCUT2D eigenvalue weighted by Crippen LogP contribution is 2.36. The molecule has 2 heterocycles. The molecular formula is C26H37ClF3N5O4S. The average Bonchev–Trinajstić information content (AvgIpc) is 3.16. The summed E-state index contributed by atoms with van der Waals surface area (Å²) in [5, 5.41) is 20.4. The van der Waals surface area contributed by atoms with Crippen molar-refractivity contribution < 1.29 is 31.5 Å². The Morgan fingerprint density at radius 2 is 1.88 bits per heavy atom. The SMILES string of the molecule is CCc1cc(NC(C)(C)CC(F)(F)F)ncc1-c1c(Cl)c(C(=O)NCC2(O)CCC(S(C)(=O)=O)CC2)nn1CC. The highest BCUT2D eigenvalue weighted by Gasteiger charge is 2.38. The second kappa shape index (κ2) is 11.8. The fourth-order valence-electron chi connectivity index (χ4n) is 5.10. The number of halogens is 4. The van der Waals surface area contributed by atoms with E-state index in [0.717, 1.165) is 5.56 Å². The van der Waals surface area contributed by atoms with Crippen LogP contribution in [0.1, 0.15) is 75.9 Å². The van der Waals surface area contributed by atoms with Crippen molar-refractivity contribution in [2.45, 2.75) is 95.3 Å². The Hall–Kier alpha value is -2.38. The number of aliphatic hydroxyl groups is 1. The van der Waals surface area contributed by atoms with Crippen LogP contribution in [0.3, 0.4) is 0 Å². The molecule has 1 saturated carbocycles. The van der Waals surface area contributed by atoms with Crippen molar-refractivity contribution in [1.29, 1.82) is 0 Å². The van der Waals surface area contributed by atoms with E-state index in [4.69, 9.17) is 11.6 Å². The molecule has 1 aliphatic rings. The molecule has 0 saturated heterocycles. The Labute approximate surface area is 237 Å². The van der Waals surface area contributed by atoms with Crippen LogP contribution in [-0.2, 0) is 22.8 Å². The molecule has 3 rings (SSSR count). The van der Waals surface area contributed by atoms with Gasteiger partial charge in [-0.1, -0.05) is 18.5 Å². The number of aryl methyl sites for hydroxylation is 2. The van der Waals surface area contributed by atoms with E-state index < -0.39 is 44.7 Å². The van der Waals surface area contributed by atoms with E-state index >= 15 is 0 Å². The average molecular weight is 608 g/mol. The largest absolute Gasteiger partial charge is 0.391 e. The number of hydrogen-bond acceptors (Lipinski definition) is 7. The van der Waals surface area contributed by atoms with E-state index in [1.54, 1.807) is 10.7 Å². The van der Waals surface area contributed by atoms with Crippen LogP contribution < -0.4 is 10.6 Å². The molecule has 3 N–H and O–H groups in total. The van der Waals surface area contributed by atoms with Crippen molar-refractivity contribution in [3.63, 3.8) is 0 Å². The maximum atomic E-state index is 13.1. The number of amides is 1. The number of sulfone groups is 1. The van der Waals surface area contributed by atoms with Gasteiger partial charge in [-0.3, -0.25) is 9.48 Å². The van der Waals surface area contributed by atoms with Crippen molar-refractivity contribution in [2.75, 3.05) is 18.1 Å². The van der Waals surface area contributed by atoms with Crippen LogP contribution in [0.5, 0.6) is 0 Å². The van der Waals surface area contributed by atoms with Crippen LogP contribution >= 0.6 is 11.6 Å². The second-order valence-corrected chi connectivity index (χ2v) is 13.8. The Kier molecular flexibility index (Phi) is 9.52. The number of nitrogens with one attached hydrogen (secondary N) is 2. The first-order valence-corrected chi connectivity index (χ1v) is 15.5. The lowest BCUT2D eigenvalue weighted by Crippen LogP contribution is -2.47. The second-order valence-electron chi connectivity index (χ2n) is 11.1. The summed E-state index contributed by atoms with van der Waals surface area (Å²) < 4.78 is 64.1. The minimum atomic E-state index is -4.34. The summed E-state index contributed by atoms with van der Waals surface area (Å²) in [6.07, 6.45) is -1.08. The topological polar surface area (TPSA) is 126 Å². The van der Waals surface area contributed by atoms with E-state index in [-0.39, 0.29) is 35.9 Å². The van der Waals surface area contributed by atoms with Gasteiger partial charge < -0.3 is 15.7 Å². The number of aromatic nitrogens is 3. The first kappa shape index (κ1) is 32.1. The Balaban J connectivity index is 1.81. The number of rotatable bonds is 10. The fourth-order valence-corrected chi connectivity index (χ4v) is 6.51. The maximum absolute atomic E-state index is 13.1. The van der Waals surface area contributed by atoms with Gasteiger partial charge in [-0.05, 0) is 64.5 Å². The van der Waals surface area contributed by atoms with Gasteiger partial charge in [0.25, 0.3) is 5.91 Å². The molecule has 1 fully saturated rings. The zero-order valence-electron chi connectivity index (χ0n) is 23.3. The summed E-state index contributed by atoms with van der Waals surface area (Å²) in [5.74, 6) is -0.305. The summed E-state index contributed by atoms with van der Waals surface area (Å²) in [4.78, 5) is 17.4. The minimum absolute atomic E-state index is 0.0393. The first-order valence-electron chi connectivity index (χ1n) is 13.2. The molecule has 0 unspecified atom stereocenters. The molecule has 14 heteroatoms. The zero-order chi connectivity index (χ0) is 30.1. The van der Waals surface area contributed by atoms with Gasteiger partial charge in [0, 0.05) is 36.6 Å². The van der Waals surface area contributed by atoms with E-state index in [1.807, 2.05) is 13.8 Å². The summed E-state index contributed by atoms with van der Waals surface area (Å²) in [6.45, 7) is 6.90. The molecule has 0 atom stereocenters. The third kappa shape index (κ3) is 7.88. The van der Waals surface area contributed by atoms with Gasteiger partial charge >= 0.3 is 6.18 Å². The predicted octanol–water partition coefficient (Wildman–Crippen LogP) is 4.77. The van der Waals surface area contributed by atoms with E-state index in [2.05, 4.69) is 20.7 Å². The number of anilines is 1. The van der Waals surface area contributed by atoms with Crippen molar-refractivity contribution >= 4 is 33.2 Å². The Morgan fingerprint density at radius 3 is 2.40 bits per heavy atom. The van der Waals surface area contributed by atoms with Crippen molar-refractivity contribution in [3.8, 4) is 11.3 Å². The van der Waals surface area contributed by atoms with Crippen LogP contribution in [0.15, 0.2) is 12.3 Å². The summed E-state index contributed by atoms with van der Waals surface area (Å²) in [6, 6.07) is 1.67. The third-order valence-corrected chi connectivity index (χ3v) is 9.23. The van der Waals surface area contributed by atoms with Gasteiger partial charge in [0.05, 0.1) is 28.0 Å². The van der Waals surface area contributed by atoms with Crippen LogP contribution in [0, 0.1) is 0 Å². The molecule has 0 bridgehead atoms. The molecular weight excluding hydrogens is 571 g/mol. The van der Waals surface area contributed by atoms with Crippen LogP contribution in [0.4, 0.5) is 19.0 Å². The molecule has 9 nitrogen and oxygen atoms in total. The Morgan fingerprint density at radius 1 is 1.25 bits per heavy atom. The summed E-state index contributed by atoms with van der Waals surface area (Å²) in [5.41, 5.74) is -0.755. The van der Waals surface area contributed by atoms with E-state index in [0.29, 0.717) is 37.1 Å². The predicted molar refractivity (Wildman–Crippen MR) is 148 cm³/mol. The zero-order valence-corrected chi connectivity index (χ0v) is 24.9. The molecule has 1 amide bonds. The molecule has 0 aliphatic heterocycles. The van der Waals surface area contributed by atoms with Gasteiger partial charge in [0.2, 0.25) is 0 Å². The van der Waals surface area contributed by atoms with Gasteiger partial charge in [-0.15, -0.1) is 0 Å². The Bertz CT molecular complexity index is 1340. The summed E-state index contributed by atoms with van der Waals surface area (Å²) in [7, 11) is -3.20. The van der Waals surface area contributed by atoms with E-state index in [9.17, 15) is 31.5 Å². The quantitative estimate of drug-likeness (QED) is 0.355. The number of alkyl halides is 3. The smallest absolute Gasteiger partial charge is 0.388 e. The highest BCUT2D eigenvalue weighted by atomic mass is 35.5. The number of carbonyl (C=O) groups excluding carboxylic acids is 1. The number of pyridine rings is 1. The van der Waals surface area contributed by atoms with Crippen molar-refractivity contribution in [1.82, 2.24) is 20.1 Å². The molecule has 0 radical (unpaired) electrons. The molecule has 1 aliphatic carbocycles.